The Hall–Kier alpha value is -3.10. The highest BCUT2D eigenvalue weighted by Crippen LogP contribution is 2.42. The molecule has 0 radical (unpaired) electrons. The molecule has 158 valence electrons. The van der Waals surface area contributed by atoms with Gasteiger partial charge < -0.3 is 15.0 Å². The normalized spacial score (nSPS) is 19.4. The van der Waals surface area contributed by atoms with Gasteiger partial charge in [0, 0.05) is 41.8 Å². The van der Waals surface area contributed by atoms with E-state index in [4.69, 9.17) is 15.0 Å². The van der Waals surface area contributed by atoms with Crippen LogP contribution in [0.25, 0.3) is 10.9 Å². The fourth-order valence-electron chi connectivity index (χ4n) is 4.97. The molecule has 5 heteroatoms. The van der Waals surface area contributed by atoms with E-state index in [9.17, 15) is 0 Å². The molecule has 5 rings (SSSR count). The molecule has 1 aliphatic carbocycles. The van der Waals surface area contributed by atoms with Crippen molar-refractivity contribution in [1.82, 2.24) is 4.98 Å². The van der Waals surface area contributed by atoms with E-state index in [0.29, 0.717) is 23.6 Å². The lowest BCUT2D eigenvalue weighted by atomic mass is 10.0. The molecule has 1 saturated heterocycles. The molecule has 1 saturated carbocycles. The number of hydrogen-bond donors (Lipinski definition) is 1. The van der Waals surface area contributed by atoms with Gasteiger partial charge in [0.1, 0.15) is 0 Å². The third-order valence-electron chi connectivity index (χ3n) is 6.57. The maximum Gasteiger partial charge on any atom is 0.0991 e. The van der Waals surface area contributed by atoms with Gasteiger partial charge in [-0.05, 0) is 87.1 Å². The summed E-state index contributed by atoms with van der Waals surface area (Å²) in [7, 11) is 1.87. The van der Waals surface area contributed by atoms with Crippen molar-refractivity contribution in [3.05, 3.63) is 59.8 Å². The van der Waals surface area contributed by atoms with Crippen molar-refractivity contribution >= 4 is 28.0 Å². The second-order valence-electron chi connectivity index (χ2n) is 8.77. The Morgan fingerprint density at radius 3 is 2.58 bits per heavy atom. The van der Waals surface area contributed by atoms with E-state index in [2.05, 4.69) is 47.5 Å². The van der Waals surface area contributed by atoms with Crippen LogP contribution in [0.5, 0.6) is 0 Å². The van der Waals surface area contributed by atoms with E-state index >= 15 is 0 Å². The number of pyridine rings is 1. The number of anilines is 3. The molecule has 1 aromatic heterocycles. The van der Waals surface area contributed by atoms with Crippen LogP contribution in [-0.4, -0.2) is 30.8 Å². The monoisotopic (exact) mass is 412 g/mol. The van der Waals surface area contributed by atoms with E-state index in [1.165, 1.54) is 36.8 Å². The Morgan fingerprint density at radius 1 is 1.10 bits per heavy atom. The number of fused-ring (bicyclic) bond motifs is 1. The Labute approximate surface area is 183 Å². The molecule has 31 heavy (non-hydrogen) atoms. The molecule has 2 heterocycles. The molecular formula is C26H28N4O. The summed E-state index contributed by atoms with van der Waals surface area (Å²) >= 11 is 0. The average molecular weight is 413 g/mol. The van der Waals surface area contributed by atoms with Crippen LogP contribution in [-0.2, 0) is 4.74 Å². The maximum absolute atomic E-state index is 8.99. The van der Waals surface area contributed by atoms with Crippen LogP contribution in [0.1, 0.15) is 36.9 Å². The van der Waals surface area contributed by atoms with Crippen molar-refractivity contribution in [1.29, 1.82) is 5.26 Å². The molecule has 1 aliphatic heterocycles. The van der Waals surface area contributed by atoms with Gasteiger partial charge in [0.15, 0.2) is 0 Å². The second kappa shape index (κ2) is 8.20. The molecule has 1 unspecified atom stereocenters. The zero-order valence-electron chi connectivity index (χ0n) is 18.1. The van der Waals surface area contributed by atoms with Crippen LogP contribution in [0, 0.1) is 24.2 Å². The summed E-state index contributed by atoms with van der Waals surface area (Å²) in [4.78, 5) is 7.40. The van der Waals surface area contributed by atoms with Gasteiger partial charge in [-0.25, -0.2) is 0 Å². The smallest absolute Gasteiger partial charge is 0.0991 e. The predicted molar refractivity (Wildman–Crippen MR) is 125 cm³/mol. The zero-order valence-corrected chi connectivity index (χ0v) is 18.1. The third kappa shape index (κ3) is 3.96. The summed E-state index contributed by atoms with van der Waals surface area (Å²) in [6.45, 7) is 3.14. The van der Waals surface area contributed by atoms with Crippen molar-refractivity contribution in [2.45, 2.75) is 44.8 Å². The minimum atomic E-state index is 0.323. The maximum atomic E-state index is 8.99. The van der Waals surface area contributed by atoms with Gasteiger partial charge in [0.25, 0.3) is 0 Å². The lowest BCUT2D eigenvalue weighted by Gasteiger charge is -2.33. The predicted octanol–water partition coefficient (Wildman–Crippen LogP) is 5.55. The molecule has 2 fully saturated rings. The number of nitrogens with one attached hydrogen (secondary N) is 1. The van der Waals surface area contributed by atoms with Crippen LogP contribution < -0.4 is 10.2 Å². The van der Waals surface area contributed by atoms with Crippen molar-refractivity contribution in [3.8, 4) is 6.07 Å². The first-order valence-electron chi connectivity index (χ1n) is 11.1. The third-order valence-corrected chi connectivity index (χ3v) is 6.57. The van der Waals surface area contributed by atoms with E-state index < -0.39 is 0 Å². The van der Waals surface area contributed by atoms with Crippen LogP contribution >= 0.6 is 0 Å². The first-order valence-corrected chi connectivity index (χ1v) is 11.1. The van der Waals surface area contributed by atoms with Gasteiger partial charge in [0.05, 0.1) is 29.3 Å². The van der Waals surface area contributed by atoms with Crippen LogP contribution in [0.3, 0.4) is 0 Å². The molecule has 0 spiro atoms. The van der Waals surface area contributed by atoms with Crippen LogP contribution in [0.15, 0.2) is 48.5 Å². The van der Waals surface area contributed by atoms with Gasteiger partial charge in [-0.3, -0.25) is 4.98 Å². The van der Waals surface area contributed by atoms with Gasteiger partial charge in [-0.1, -0.05) is 0 Å². The topological polar surface area (TPSA) is 61.2 Å². The molecule has 0 amide bonds. The molecule has 1 N–H and O–H groups in total. The molecule has 2 aromatic carbocycles. The lowest BCUT2D eigenvalue weighted by molar-refractivity contribution is 0.0637. The van der Waals surface area contributed by atoms with Crippen LogP contribution in [0.4, 0.5) is 17.1 Å². The Bertz CT molecular complexity index is 1130. The standard InChI is InChI=1S/C26H28N4O/c1-17-14-25(30-13-3-4-24(30)26(31-2)19-7-8-19)22-12-11-21(15-23(22)28-17)29-20-9-5-18(16-27)6-10-20/h5-6,9-12,14-15,19,24,26,29H,3-4,7-8,13H2,1-2H3/t24?,26-/m0/s1. The largest absolute Gasteiger partial charge is 0.379 e. The summed E-state index contributed by atoms with van der Waals surface area (Å²) < 4.78 is 5.97. The van der Waals surface area contributed by atoms with Gasteiger partial charge >= 0.3 is 0 Å². The quantitative estimate of drug-likeness (QED) is 0.575. The molecule has 2 aliphatic rings. The van der Waals surface area contributed by atoms with Gasteiger partial charge in [-0.15, -0.1) is 0 Å². The number of ether oxygens (including phenoxy) is 1. The number of aryl methyl sites for hydroxylation is 1. The number of nitriles is 1. The number of nitrogens with zero attached hydrogens (tertiary/aromatic N) is 3. The Morgan fingerprint density at radius 2 is 1.87 bits per heavy atom. The SMILES string of the molecule is CO[C@@H](C1CC1)C1CCCN1c1cc(C)nc2cc(Nc3ccc(C#N)cc3)ccc12. The first kappa shape index (κ1) is 19.8. The highest BCUT2D eigenvalue weighted by atomic mass is 16.5. The summed E-state index contributed by atoms with van der Waals surface area (Å²) in [6.07, 6.45) is 5.31. The second-order valence-corrected chi connectivity index (χ2v) is 8.77. The van der Waals surface area contributed by atoms with Gasteiger partial charge in [-0.2, -0.15) is 5.26 Å². The molecule has 5 nitrogen and oxygen atoms in total. The lowest BCUT2D eigenvalue weighted by Crippen LogP contribution is -2.41. The van der Waals surface area contributed by atoms with E-state index in [1.54, 1.807) is 0 Å². The number of aromatic nitrogens is 1. The number of benzene rings is 2. The molecule has 3 aromatic rings. The number of methoxy groups -OCH3 is 1. The summed E-state index contributed by atoms with van der Waals surface area (Å²) in [6, 6.07) is 18.7. The van der Waals surface area contributed by atoms with E-state index in [-0.39, 0.29) is 0 Å². The highest BCUT2D eigenvalue weighted by Gasteiger charge is 2.41. The number of rotatable bonds is 6. The van der Waals surface area contributed by atoms with Crippen molar-refractivity contribution in [2.75, 3.05) is 23.9 Å². The van der Waals surface area contributed by atoms with E-state index in [1.807, 2.05) is 31.4 Å². The van der Waals surface area contributed by atoms with Crippen molar-refractivity contribution in [3.63, 3.8) is 0 Å². The summed E-state index contributed by atoms with van der Waals surface area (Å²) in [5, 5.41) is 13.6. The fraction of sp³-hybridized carbons (Fsp3) is 0.385. The summed E-state index contributed by atoms with van der Waals surface area (Å²) in [5.41, 5.74) is 5.92. The molecule has 0 bridgehead atoms. The van der Waals surface area contributed by atoms with Crippen molar-refractivity contribution < 1.29 is 4.74 Å². The number of hydrogen-bond acceptors (Lipinski definition) is 5. The first-order chi connectivity index (χ1) is 15.2. The van der Waals surface area contributed by atoms with Crippen molar-refractivity contribution in [2.24, 2.45) is 5.92 Å². The fourth-order valence-corrected chi connectivity index (χ4v) is 4.97. The van der Waals surface area contributed by atoms with E-state index in [0.717, 1.165) is 29.1 Å². The Kier molecular flexibility index (Phi) is 5.25. The minimum Gasteiger partial charge on any atom is -0.379 e. The average Bonchev–Trinajstić information content (AvgIpc) is 3.50. The van der Waals surface area contributed by atoms with Crippen LogP contribution in [0.2, 0.25) is 0 Å². The highest BCUT2D eigenvalue weighted by molar-refractivity contribution is 5.94. The summed E-state index contributed by atoms with van der Waals surface area (Å²) in [5.74, 6) is 0.716. The zero-order chi connectivity index (χ0) is 21.4. The minimum absolute atomic E-state index is 0.323. The molecular weight excluding hydrogens is 384 g/mol. The molecule has 2 atom stereocenters. The van der Waals surface area contributed by atoms with Gasteiger partial charge in [0.2, 0.25) is 0 Å². The Balaban J connectivity index is 1.47.